The Hall–Kier alpha value is -1.61. The van der Waals surface area contributed by atoms with Crippen molar-refractivity contribution in [2.45, 2.75) is 25.2 Å². The van der Waals surface area contributed by atoms with E-state index in [0.29, 0.717) is 0 Å². The van der Waals surface area contributed by atoms with Gasteiger partial charge < -0.3 is 14.9 Å². The summed E-state index contributed by atoms with van der Waals surface area (Å²) in [6.07, 6.45) is 0. The van der Waals surface area contributed by atoms with Gasteiger partial charge in [0.15, 0.2) is 11.0 Å². The third kappa shape index (κ3) is 4.00. The molecule has 1 aromatic heterocycles. The van der Waals surface area contributed by atoms with E-state index in [4.69, 9.17) is 14.9 Å². The SMILES string of the molecule is CCOC(=O)Cn1c(CO)nnc1SCC(=O)O. The lowest BCUT2D eigenvalue weighted by atomic mass is 10.5. The molecule has 0 aliphatic heterocycles. The molecule has 0 aliphatic rings. The van der Waals surface area contributed by atoms with Crippen molar-refractivity contribution in [3.05, 3.63) is 5.82 Å². The number of carbonyl (C=O) groups excluding carboxylic acids is 1. The molecule has 2 N–H and O–H groups in total. The molecule has 1 aromatic rings. The molecular weight excluding hydrogens is 262 g/mol. The summed E-state index contributed by atoms with van der Waals surface area (Å²) in [5, 5.41) is 25.3. The predicted molar refractivity (Wildman–Crippen MR) is 60.9 cm³/mol. The Morgan fingerprint density at radius 1 is 1.44 bits per heavy atom. The van der Waals surface area contributed by atoms with E-state index in [1.165, 1.54) is 4.57 Å². The van der Waals surface area contributed by atoms with Crippen LogP contribution in [0.1, 0.15) is 12.7 Å². The van der Waals surface area contributed by atoms with Crippen LogP contribution in [0.3, 0.4) is 0 Å². The lowest BCUT2D eigenvalue weighted by Crippen LogP contribution is -2.16. The van der Waals surface area contributed by atoms with E-state index in [0.717, 1.165) is 11.8 Å². The average molecular weight is 275 g/mol. The van der Waals surface area contributed by atoms with Crippen LogP contribution in [0.5, 0.6) is 0 Å². The Kier molecular flexibility index (Phi) is 5.59. The van der Waals surface area contributed by atoms with Crippen molar-refractivity contribution in [3.8, 4) is 0 Å². The highest BCUT2D eigenvalue weighted by Gasteiger charge is 2.16. The van der Waals surface area contributed by atoms with Crippen LogP contribution in [0.25, 0.3) is 0 Å². The number of thioether (sulfide) groups is 1. The van der Waals surface area contributed by atoms with Crippen molar-refractivity contribution in [3.63, 3.8) is 0 Å². The largest absolute Gasteiger partial charge is 0.481 e. The number of aliphatic hydroxyl groups excluding tert-OH is 1. The summed E-state index contributed by atoms with van der Waals surface area (Å²) in [4.78, 5) is 21.8. The lowest BCUT2D eigenvalue weighted by Gasteiger charge is -2.07. The minimum absolute atomic E-state index is 0.154. The molecule has 0 saturated heterocycles. The number of esters is 1. The number of aromatic nitrogens is 3. The van der Waals surface area contributed by atoms with E-state index < -0.39 is 11.9 Å². The standard InChI is InChI=1S/C9H13N3O5S/c1-2-17-8(16)3-12-6(4-13)10-11-9(12)18-5-7(14)15/h13H,2-5H2,1H3,(H,14,15). The molecule has 100 valence electrons. The Morgan fingerprint density at radius 2 is 2.17 bits per heavy atom. The highest BCUT2D eigenvalue weighted by molar-refractivity contribution is 7.99. The van der Waals surface area contributed by atoms with Crippen LogP contribution in [-0.2, 0) is 27.5 Å². The smallest absolute Gasteiger partial charge is 0.326 e. The summed E-state index contributed by atoms with van der Waals surface area (Å²) in [5.74, 6) is -1.51. The van der Waals surface area contributed by atoms with Gasteiger partial charge in [-0.15, -0.1) is 10.2 Å². The molecule has 0 radical (unpaired) electrons. The second kappa shape index (κ2) is 6.97. The zero-order valence-electron chi connectivity index (χ0n) is 9.70. The quantitative estimate of drug-likeness (QED) is 0.506. The number of hydrogen-bond acceptors (Lipinski definition) is 7. The van der Waals surface area contributed by atoms with Crippen molar-refractivity contribution >= 4 is 23.7 Å². The fourth-order valence-electron chi connectivity index (χ4n) is 1.16. The zero-order valence-corrected chi connectivity index (χ0v) is 10.5. The van der Waals surface area contributed by atoms with Gasteiger partial charge in [0.2, 0.25) is 0 Å². The van der Waals surface area contributed by atoms with Crippen LogP contribution >= 0.6 is 11.8 Å². The molecule has 8 nitrogen and oxygen atoms in total. The molecule has 9 heteroatoms. The van der Waals surface area contributed by atoms with Crippen molar-refractivity contribution in [2.24, 2.45) is 0 Å². The molecule has 0 atom stereocenters. The summed E-state index contributed by atoms with van der Waals surface area (Å²) < 4.78 is 6.11. The van der Waals surface area contributed by atoms with Crippen LogP contribution in [0.2, 0.25) is 0 Å². The van der Waals surface area contributed by atoms with Crippen molar-refractivity contribution < 1.29 is 24.5 Å². The van der Waals surface area contributed by atoms with Gasteiger partial charge in [-0.1, -0.05) is 11.8 Å². The number of ether oxygens (including phenoxy) is 1. The van der Waals surface area contributed by atoms with E-state index in [9.17, 15) is 9.59 Å². The monoisotopic (exact) mass is 275 g/mol. The Morgan fingerprint density at radius 3 is 2.72 bits per heavy atom. The summed E-state index contributed by atoms with van der Waals surface area (Å²) >= 11 is 0.922. The number of aliphatic carboxylic acids is 1. The van der Waals surface area contributed by atoms with E-state index in [2.05, 4.69) is 10.2 Å². The van der Waals surface area contributed by atoms with Crippen molar-refractivity contribution in [2.75, 3.05) is 12.4 Å². The third-order valence-corrected chi connectivity index (χ3v) is 2.80. The topological polar surface area (TPSA) is 115 Å². The molecule has 0 spiro atoms. The maximum atomic E-state index is 11.4. The van der Waals surface area contributed by atoms with Gasteiger partial charge in [-0.2, -0.15) is 0 Å². The summed E-state index contributed by atoms with van der Waals surface area (Å²) in [6, 6.07) is 0. The Bertz CT molecular complexity index is 434. The van der Waals surface area contributed by atoms with Gasteiger partial charge in [0.1, 0.15) is 13.2 Å². The van der Waals surface area contributed by atoms with E-state index in [1.807, 2.05) is 0 Å². The number of carboxylic acids is 1. The van der Waals surface area contributed by atoms with Crippen LogP contribution < -0.4 is 0 Å². The number of carboxylic acid groups (broad SMARTS) is 1. The third-order valence-electron chi connectivity index (χ3n) is 1.85. The number of carbonyl (C=O) groups is 2. The molecule has 0 bridgehead atoms. The second-order valence-electron chi connectivity index (χ2n) is 3.13. The summed E-state index contributed by atoms with van der Waals surface area (Å²) in [5.41, 5.74) is 0. The van der Waals surface area contributed by atoms with Crippen LogP contribution in [-0.4, -0.2) is 49.3 Å². The maximum Gasteiger partial charge on any atom is 0.326 e. The average Bonchev–Trinajstić information content (AvgIpc) is 2.69. The molecular formula is C9H13N3O5S. The fraction of sp³-hybridized carbons (Fsp3) is 0.556. The molecule has 0 aliphatic carbocycles. The van der Waals surface area contributed by atoms with Crippen molar-refractivity contribution in [1.82, 2.24) is 14.8 Å². The van der Waals surface area contributed by atoms with Gasteiger partial charge in [0, 0.05) is 0 Å². The van der Waals surface area contributed by atoms with Crippen molar-refractivity contribution in [1.29, 1.82) is 0 Å². The predicted octanol–water partition coefficient (Wildman–Crippen LogP) is -0.490. The van der Waals surface area contributed by atoms with Crippen LogP contribution in [0.4, 0.5) is 0 Å². The zero-order chi connectivity index (χ0) is 13.5. The van der Waals surface area contributed by atoms with E-state index >= 15 is 0 Å². The minimum Gasteiger partial charge on any atom is -0.481 e. The Labute approximate surface area is 107 Å². The van der Waals surface area contributed by atoms with Gasteiger partial charge >= 0.3 is 11.9 Å². The highest BCUT2D eigenvalue weighted by Crippen LogP contribution is 2.17. The molecule has 0 amide bonds. The fourth-order valence-corrected chi connectivity index (χ4v) is 1.84. The molecule has 0 saturated carbocycles. The Balaban J connectivity index is 2.81. The van der Waals surface area contributed by atoms with E-state index in [-0.39, 0.29) is 36.5 Å². The molecule has 1 heterocycles. The first-order valence-electron chi connectivity index (χ1n) is 5.11. The van der Waals surface area contributed by atoms with Gasteiger partial charge in [-0.05, 0) is 6.92 Å². The maximum absolute atomic E-state index is 11.4. The van der Waals surface area contributed by atoms with E-state index in [1.54, 1.807) is 6.92 Å². The van der Waals surface area contributed by atoms with Gasteiger partial charge in [0.25, 0.3) is 0 Å². The first-order valence-corrected chi connectivity index (χ1v) is 6.10. The normalized spacial score (nSPS) is 10.3. The number of rotatable bonds is 7. The second-order valence-corrected chi connectivity index (χ2v) is 4.07. The first-order chi connectivity index (χ1) is 8.58. The molecule has 0 aromatic carbocycles. The van der Waals surface area contributed by atoms with Crippen LogP contribution in [0.15, 0.2) is 5.16 Å². The van der Waals surface area contributed by atoms with Gasteiger partial charge in [-0.25, -0.2) is 0 Å². The van der Waals surface area contributed by atoms with Crippen LogP contribution in [0, 0.1) is 0 Å². The molecule has 18 heavy (non-hydrogen) atoms. The van der Waals surface area contributed by atoms with Gasteiger partial charge in [0.05, 0.1) is 12.4 Å². The number of nitrogens with zero attached hydrogens (tertiary/aromatic N) is 3. The minimum atomic E-state index is -1.00. The molecule has 0 unspecified atom stereocenters. The number of hydrogen-bond donors (Lipinski definition) is 2. The summed E-state index contributed by atoms with van der Waals surface area (Å²) in [6.45, 7) is 1.38. The first kappa shape index (κ1) is 14.5. The lowest BCUT2D eigenvalue weighted by molar-refractivity contribution is -0.144. The highest BCUT2D eigenvalue weighted by atomic mass is 32.2. The molecule has 0 fully saturated rings. The molecule has 1 rings (SSSR count). The number of aliphatic hydroxyl groups is 1. The van der Waals surface area contributed by atoms with Gasteiger partial charge in [-0.3, -0.25) is 14.2 Å². The summed E-state index contributed by atoms with van der Waals surface area (Å²) in [7, 11) is 0.